The summed E-state index contributed by atoms with van der Waals surface area (Å²) in [5.41, 5.74) is 2.26. The Labute approximate surface area is 233 Å². The van der Waals surface area contributed by atoms with Crippen LogP contribution in [0.4, 0.5) is 11.5 Å². The SMILES string of the molecule is Cc1cc(S(=O)(=O)N2Cc3ccccc3NC(=O)C2CC(=O)N2CCN(c3ccccn3)CC2)c(C)cc1Cl. The zero-order valence-electron chi connectivity index (χ0n) is 21.8. The van der Waals surface area contributed by atoms with E-state index < -0.39 is 22.0 Å². The van der Waals surface area contributed by atoms with Crippen molar-refractivity contribution in [1.82, 2.24) is 14.2 Å². The number of halogens is 1. The van der Waals surface area contributed by atoms with Gasteiger partial charge in [0.15, 0.2) is 0 Å². The number of aromatic nitrogens is 1. The van der Waals surface area contributed by atoms with Crippen LogP contribution in [0.25, 0.3) is 0 Å². The summed E-state index contributed by atoms with van der Waals surface area (Å²) < 4.78 is 29.4. The van der Waals surface area contributed by atoms with Crippen LogP contribution in [0.5, 0.6) is 0 Å². The molecule has 0 saturated carbocycles. The summed E-state index contributed by atoms with van der Waals surface area (Å²) in [7, 11) is -4.17. The van der Waals surface area contributed by atoms with Crippen LogP contribution in [0.1, 0.15) is 23.1 Å². The van der Waals surface area contributed by atoms with Gasteiger partial charge in [-0.2, -0.15) is 4.31 Å². The summed E-state index contributed by atoms with van der Waals surface area (Å²) >= 11 is 6.24. The first-order valence-electron chi connectivity index (χ1n) is 12.8. The van der Waals surface area contributed by atoms with Gasteiger partial charge < -0.3 is 15.1 Å². The van der Waals surface area contributed by atoms with Crippen molar-refractivity contribution in [3.8, 4) is 0 Å². The van der Waals surface area contributed by atoms with Crippen molar-refractivity contribution in [3.63, 3.8) is 0 Å². The highest BCUT2D eigenvalue weighted by atomic mass is 35.5. The van der Waals surface area contributed by atoms with Crippen molar-refractivity contribution in [3.05, 3.63) is 82.5 Å². The first-order valence-corrected chi connectivity index (χ1v) is 14.6. The third kappa shape index (κ3) is 5.50. The van der Waals surface area contributed by atoms with Crippen LogP contribution in [0.2, 0.25) is 5.02 Å². The topological polar surface area (TPSA) is 103 Å². The molecule has 0 radical (unpaired) electrons. The normalized spacial score (nSPS) is 18.3. The maximum Gasteiger partial charge on any atom is 0.244 e. The van der Waals surface area contributed by atoms with Crippen LogP contribution in [0.15, 0.2) is 65.7 Å². The number of anilines is 2. The fourth-order valence-electron chi connectivity index (χ4n) is 5.03. The molecular formula is C28H30ClN5O4S. The fourth-order valence-corrected chi connectivity index (χ4v) is 7.11. The van der Waals surface area contributed by atoms with Crippen LogP contribution in [0.3, 0.4) is 0 Å². The molecule has 1 saturated heterocycles. The molecule has 1 atom stereocenters. The Balaban J connectivity index is 1.43. The number of fused-ring (bicyclic) bond motifs is 1. The quantitative estimate of drug-likeness (QED) is 0.505. The molecule has 39 heavy (non-hydrogen) atoms. The highest BCUT2D eigenvalue weighted by molar-refractivity contribution is 7.89. The van der Waals surface area contributed by atoms with Gasteiger partial charge in [0.05, 0.1) is 11.3 Å². The molecule has 1 aromatic heterocycles. The lowest BCUT2D eigenvalue weighted by Gasteiger charge is -2.36. The lowest BCUT2D eigenvalue weighted by atomic mass is 10.1. The Bertz CT molecular complexity index is 1510. The van der Waals surface area contributed by atoms with Gasteiger partial charge in [0.25, 0.3) is 0 Å². The molecule has 2 aliphatic rings. The number of benzene rings is 2. The minimum atomic E-state index is -4.17. The number of carbonyl (C=O) groups excluding carboxylic acids is 2. The first kappa shape index (κ1) is 27.1. The number of pyridine rings is 1. The number of hydrogen-bond donors (Lipinski definition) is 1. The van der Waals surface area contributed by atoms with E-state index >= 15 is 0 Å². The molecule has 5 rings (SSSR count). The van der Waals surface area contributed by atoms with Gasteiger partial charge >= 0.3 is 0 Å². The Morgan fingerprint density at radius 2 is 1.74 bits per heavy atom. The Morgan fingerprint density at radius 3 is 2.46 bits per heavy atom. The molecule has 0 bridgehead atoms. The first-order chi connectivity index (χ1) is 18.6. The predicted molar refractivity (Wildman–Crippen MR) is 150 cm³/mol. The van der Waals surface area contributed by atoms with Gasteiger partial charge in [0.1, 0.15) is 11.9 Å². The van der Waals surface area contributed by atoms with Crippen LogP contribution >= 0.6 is 11.6 Å². The van der Waals surface area contributed by atoms with Crippen molar-refractivity contribution in [2.45, 2.75) is 37.8 Å². The molecule has 204 valence electrons. The zero-order chi connectivity index (χ0) is 27.7. The minimum absolute atomic E-state index is 0.0518. The number of rotatable bonds is 5. The van der Waals surface area contributed by atoms with Crippen LogP contribution < -0.4 is 10.2 Å². The van der Waals surface area contributed by atoms with Gasteiger partial charge in [0, 0.05) is 49.6 Å². The second-order valence-corrected chi connectivity index (χ2v) is 12.1. The summed E-state index contributed by atoms with van der Waals surface area (Å²) in [6, 6.07) is 14.7. The van der Waals surface area contributed by atoms with Gasteiger partial charge in [-0.1, -0.05) is 35.9 Å². The molecule has 3 heterocycles. The third-order valence-electron chi connectivity index (χ3n) is 7.27. The smallest absolute Gasteiger partial charge is 0.244 e. The van der Waals surface area contributed by atoms with Crippen molar-refractivity contribution < 1.29 is 18.0 Å². The van der Waals surface area contributed by atoms with Crippen molar-refractivity contribution in [1.29, 1.82) is 0 Å². The van der Waals surface area contributed by atoms with E-state index in [9.17, 15) is 18.0 Å². The minimum Gasteiger partial charge on any atom is -0.353 e. The molecule has 1 unspecified atom stereocenters. The average molecular weight is 568 g/mol. The number of piperazine rings is 1. The Morgan fingerprint density at radius 1 is 1.03 bits per heavy atom. The van der Waals surface area contributed by atoms with E-state index in [1.807, 2.05) is 18.2 Å². The van der Waals surface area contributed by atoms with E-state index in [4.69, 9.17) is 11.6 Å². The van der Waals surface area contributed by atoms with E-state index in [1.54, 1.807) is 55.3 Å². The zero-order valence-corrected chi connectivity index (χ0v) is 23.4. The van der Waals surface area contributed by atoms with E-state index in [1.165, 1.54) is 6.07 Å². The van der Waals surface area contributed by atoms with E-state index in [2.05, 4.69) is 15.2 Å². The van der Waals surface area contributed by atoms with E-state index in [-0.39, 0.29) is 23.8 Å². The molecule has 2 aromatic carbocycles. The number of carbonyl (C=O) groups is 2. The van der Waals surface area contributed by atoms with Gasteiger partial charge in [-0.3, -0.25) is 9.59 Å². The van der Waals surface area contributed by atoms with E-state index in [0.717, 1.165) is 10.1 Å². The van der Waals surface area contributed by atoms with Crippen molar-refractivity contribution in [2.75, 3.05) is 36.4 Å². The molecule has 1 fully saturated rings. The number of nitrogens with one attached hydrogen (secondary N) is 1. The molecule has 0 aliphatic carbocycles. The number of nitrogens with zero attached hydrogens (tertiary/aromatic N) is 4. The maximum absolute atomic E-state index is 14.1. The Kier molecular flexibility index (Phi) is 7.61. The maximum atomic E-state index is 14.1. The summed E-state index contributed by atoms with van der Waals surface area (Å²) in [6.45, 7) is 5.44. The number of amides is 2. The van der Waals surface area contributed by atoms with Crippen LogP contribution in [0, 0.1) is 13.8 Å². The summed E-state index contributed by atoms with van der Waals surface area (Å²) in [6.07, 6.45) is 1.46. The molecule has 11 heteroatoms. The molecular weight excluding hydrogens is 538 g/mol. The fraction of sp³-hybridized carbons (Fsp3) is 0.321. The number of hydrogen-bond acceptors (Lipinski definition) is 6. The van der Waals surface area contributed by atoms with Crippen molar-refractivity contribution in [2.24, 2.45) is 0 Å². The van der Waals surface area contributed by atoms with Crippen molar-refractivity contribution >= 4 is 44.9 Å². The second-order valence-electron chi connectivity index (χ2n) is 9.84. The largest absolute Gasteiger partial charge is 0.353 e. The lowest BCUT2D eigenvalue weighted by Crippen LogP contribution is -2.52. The second kappa shape index (κ2) is 11.0. The average Bonchev–Trinajstić information content (AvgIpc) is 3.07. The highest BCUT2D eigenvalue weighted by Crippen LogP contribution is 2.32. The van der Waals surface area contributed by atoms with Gasteiger partial charge in [-0.05, 0) is 60.9 Å². The molecule has 9 nitrogen and oxygen atoms in total. The van der Waals surface area contributed by atoms with Gasteiger partial charge in [-0.15, -0.1) is 0 Å². The van der Waals surface area contributed by atoms with Gasteiger partial charge in [0.2, 0.25) is 21.8 Å². The molecule has 1 N–H and O–H groups in total. The lowest BCUT2D eigenvalue weighted by molar-refractivity contribution is -0.135. The summed E-state index contributed by atoms with van der Waals surface area (Å²) in [5.74, 6) is 0.0368. The predicted octanol–water partition coefficient (Wildman–Crippen LogP) is 3.60. The summed E-state index contributed by atoms with van der Waals surface area (Å²) in [4.78, 5) is 35.2. The molecule has 3 aromatic rings. The number of sulfonamides is 1. The highest BCUT2D eigenvalue weighted by Gasteiger charge is 2.41. The van der Waals surface area contributed by atoms with Gasteiger partial charge in [-0.25, -0.2) is 13.4 Å². The number of para-hydroxylation sites is 1. The number of aryl methyl sites for hydroxylation is 2. The molecule has 0 spiro atoms. The monoisotopic (exact) mass is 567 g/mol. The van der Waals surface area contributed by atoms with E-state index in [0.29, 0.717) is 53.6 Å². The molecule has 2 aliphatic heterocycles. The van der Waals surface area contributed by atoms with Crippen LogP contribution in [-0.2, 0) is 26.2 Å². The summed E-state index contributed by atoms with van der Waals surface area (Å²) in [5, 5.41) is 3.30. The molecule has 2 amide bonds. The third-order valence-corrected chi connectivity index (χ3v) is 9.67. The van der Waals surface area contributed by atoms with Crippen LogP contribution in [-0.4, -0.2) is 66.6 Å². The standard InChI is InChI=1S/C28H30ClN5O4S/c1-19-16-25(20(2)15-22(19)29)39(37,38)34-18-21-7-3-4-8-23(21)31-28(36)24(34)17-27(35)33-13-11-32(12-14-33)26-9-5-6-10-30-26/h3-10,15-16,24H,11-14,17-18H2,1-2H3,(H,31,36). The Hall–Kier alpha value is -3.47.